The number of fused-ring (bicyclic) bond motifs is 1. The van der Waals surface area contributed by atoms with Gasteiger partial charge >= 0.3 is 0 Å². The average molecular weight is 470 g/mol. The molecule has 182 valence electrons. The highest BCUT2D eigenvalue weighted by Gasteiger charge is 2.63. The molecule has 0 aliphatic heterocycles. The summed E-state index contributed by atoms with van der Waals surface area (Å²) in [5, 5.41) is 11.1. The van der Waals surface area contributed by atoms with Gasteiger partial charge in [0.1, 0.15) is 0 Å². The molecule has 0 saturated heterocycles. The maximum atomic E-state index is 14.6. The number of carbonyl (C=O) groups is 1. The molecule has 0 spiro atoms. The molecule has 3 aromatic rings. The summed E-state index contributed by atoms with van der Waals surface area (Å²) >= 11 is 0. The van der Waals surface area contributed by atoms with Gasteiger partial charge in [0.25, 0.3) is 5.92 Å². The number of halogens is 2. The normalized spacial score (nSPS) is 17.0. The Morgan fingerprint density at radius 2 is 2.00 bits per heavy atom. The SMILES string of the molecule is Cc1cncc([C@@H](CC(=O)NC[C@H](Cc2ccc3[nH]ncc3c2)N(C)C)C2(C(C)(F)F)CC2)c1. The van der Waals surface area contributed by atoms with E-state index in [1.54, 1.807) is 18.6 Å². The number of nitrogens with one attached hydrogen (secondary N) is 2. The third kappa shape index (κ3) is 5.12. The lowest BCUT2D eigenvalue weighted by Crippen LogP contribution is -2.43. The number of aromatic amines is 1. The van der Waals surface area contributed by atoms with E-state index in [-0.39, 0.29) is 18.4 Å². The molecule has 2 atom stereocenters. The molecule has 2 aromatic heterocycles. The number of nitrogens with zero attached hydrogens (tertiary/aromatic N) is 3. The van der Waals surface area contributed by atoms with Crippen molar-refractivity contribution in [2.45, 2.75) is 57.4 Å². The molecule has 4 rings (SSSR count). The summed E-state index contributed by atoms with van der Waals surface area (Å²) in [5.41, 5.74) is 2.57. The Morgan fingerprint density at radius 1 is 1.24 bits per heavy atom. The van der Waals surface area contributed by atoms with Crippen LogP contribution in [0.15, 0.2) is 42.9 Å². The zero-order valence-corrected chi connectivity index (χ0v) is 20.2. The summed E-state index contributed by atoms with van der Waals surface area (Å²) in [5.74, 6) is -3.64. The molecule has 1 aliphatic rings. The van der Waals surface area contributed by atoms with Crippen molar-refractivity contribution in [1.82, 2.24) is 25.4 Å². The van der Waals surface area contributed by atoms with E-state index in [0.717, 1.165) is 35.4 Å². The molecule has 2 N–H and O–H groups in total. The standard InChI is InChI=1S/C26H33F2N5O/c1-17-9-19(14-29-13-17)22(26(7-8-26)25(2,27)28)12-24(34)30-16-21(33(3)4)11-18-5-6-23-20(10-18)15-31-32-23/h5-6,9-10,13-15,21-22H,7-8,11-12,16H2,1-4H3,(H,30,34)(H,31,32)/t21-,22+/m0/s1. The maximum Gasteiger partial charge on any atom is 0.251 e. The molecule has 1 amide bonds. The van der Waals surface area contributed by atoms with E-state index in [2.05, 4.69) is 37.5 Å². The molecule has 6 nitrogen and oxygen atoms in total. The van der Waals surface area contributed by atoms with Crippen LogP contribution in [-0.4, -0.2) is 58.6 Å². The first-order valence-corrected chi connectivity index (χ1v) is 11.7. The smallest absolute Gasteiger partial charge is 0.251 e. The first-order valence-electron chi connectivity index (χ1n) is 11.7. The number of aryl methyl sites for hydroxylation is 1. The maximum absolute atomic E-state index is 14.6. The highest BCUT2D eigenvalue weighted by molar-refractivity contribution is 5.78. The average Bonchev–Trinajstić information content (AvgIpc) is 3.46. The first kappa shape index (κ1) is 24.3. The van der Waals surface area contributed by atoms with Gasteiger partial charge in [0.15, 0.2) is 0 Å². The quantitative estimate of drug-likeness (QED) is 0.460. The number of H-pyrrole nitrogens is 1. The van der Waals surface area contributed by atoms with Crippen molar-refractivity contribution in [3.63, 3.8) is 0 Å². The number of likely N-dealkylation sites (N-methyl/N-ethyl adjacent to an activating group) is 1. The number of amides is 1. The fraction of sp³-hybridized carbons (Fsp3) is 0.500. The van der Waals surface area contributed by atoms with Crippen molar-refractivity contribution in [3.05, 3.63) is 59.5 Å². The zero-order valence-electron chi connectivity index (χ0n) is 20.2. The Bertz CT molecular complexity index is 1150. The monoisotopic (exact) mass is 469 g/mol. The van der Waals surface area contributed by atoms with Gasteiger partial charge in [0, 0.05) is 48.1 Å². The predicted molar refractivity (Wildman–Crippen MR) is 129 cm³/mol. The fourth-order valence-electron chi connectivity index (χ4n) is 4.95. The van der Waals surface area contributed by atoms with E-state index in [1.165, 1.54) is 0 Å². The van der Waals surface area contributed by atoms with Gasteiger partial charge in [-0.25, -0.2) is 8.78 Å². The van der Waals surface area contributed by atoms with E-state index in [4.69, 9.17) is 0 Å². The fourth-order valence-corrected chi connectivity index (χ4v) is 4.95. The Hall–Kier alpha value is -2.87. The van der Waals surface area contributed by atoms with Crippen LogP contribution in [-0.2, 0) is 11.2 Å². The Balaban J connectivity index is 1.45. The van der Waals surface area contributed by atoms with Gasteiger partial charge in [-0.05, 0) is 76.0 Å². The lowest BCUT2D eigenvalue weighted by atomic mass is 9.77. The number of benzene rings is 1. The second-order valence-corrected chi connectivity index (χ2v) is 10.0. The number of rotatable bonds is 10. The minimum Gasteiger partial charge on any atom is -0.355 e. The summed E-state index contributed by atoms with van der Waals surface area (Å²) in [6.07, 6.45) is 6.73. The zero-order chi connectivity index (χ0) is 24.5. The number of aromatic nitrogens is 3. The number of pyridine rings is 1. The van der Waals surface area contributed by atoms with Crippen LogP contribution in [0.1, 0.15) is 48.8 Å². The van der Waals surface area contributed by atoms with Crippen LogP contribution in [0, 0.1) is 12.3 Å². The molecule has 1 aliphatic carbocycles. The van der Waals surface area contributed by atoms with Gasteiger partial charge < -0.3 is 10.2 Å². The van der Waals surface area contributed by atoms with Crippen LogP contribution in [0.4, 0.5) is 8.78 Å². The van der Waals surface area contributed by atoms with Gasteiger partial charge in [-0.3, -0.25) is 14.9 Å². The van der Waals surface area contributed by atoms with E-state index in [1.807, 2.05) is 33.2 Å². The van der Waals surface area contributed by atoms with Crippen molar-refractivity contribution in [1.29, 1.82) is 0 Å². The molecule has 1 saturated carbocycles. The molecule has 0 unspecified atom stereocenters. The lowest BCUT2D eigenvalue weighted by Gasteiger charge is -2.32. The minimum atomic E-state index is -2.86. The second kappa shape index (κ2) is 9.41. The van der Waals surface area contributed by atoms with Crippen LogP contribution in [0.2, 0.25) is 0 Å². The van der Waals surface area contributed by atoms with E-state index in [0.29, 0.717) is 24.9 Å². The summed E-state index contributed by atoms with van der Waals surface area (Å²) in [6.45, 7) is 3.30. The Kier molecular flexibility index (Phi) is 6.71. The topological polar surface area (TPSA) is 73.9 Å². The van der Waals surface area contributed by atoms with Gasteiger partial charge in [0.2, 0.25) is 5.91 Å². The summed E-state index contributed by atoms with van der Waals surface area (Å²) in [6, 6.07) is 8.10. The van der Waals surface area contributed by atoms with Crippen molar-refractivity contribution in [2.75, 3.05) is 20.6 Å². The van der Waals surface area contributed by atoms with Crippen LogP contribution in [0.3, 0.4) is 0 Å². The number of carbonyl (C=O) groups excluding carboxylic acids is 1. The molecule has 34 heavy (non-hydrogen) atoms. The van der Waals surface area contributed by atoms with Crippen LogP contribution in [0.25, 0.3) is 10.9 Å². The lowest BCUT2D eigenvalue weighted by molar-refractivity contribution is -0.123. The van der Waals surface area contributed by atoms with Crippen molar-refractivity contribution in [2.24, 2.45) is 5.41 Å². The largest absolute Gasteiger partial charge is 0.355 e. The summed E-state index contributed by atoms with van der Waals surface area (Å²) in [7, 11) is 3.95. The Labute approximate surface area is 199 Å². The molecule has 1 aromatic carbocycles. The molecule has 2 heterocycles. The third-order valence-corrected chi connectivity index (χ3v) is 7.26. The first-order chi connectivity index (χ1) is 16.1. The van der Waals surface area contributed by atoms with Gasteiger partial charge in [-0.15, -0.1) is 0 Å². The molecule has 1 fully saturated rings. The number of alkyl halides is 2. The predicted octanol–water partition coefficient (Wildman–Crippen LogP) is 4.46. The van der Waals surface area contributed by atoms with Crippen LogP contribution < -0.4 is 5.32 Å². The van der Waals surface area contributed by atoms with Crippen LogP contribution in [0.5, 0.6) is 0 Å². The molecular weight excluding hydrogens is 436 g/mol. The van der Waals surface area contributed by atoms with Gasteiger partial charge in [-0.1, -0.05) is 12.1 Å². The van der Waals surface area contributed by atoms with E-state index in [9.17, 15) is 13.6 Å². The van der Waals surface area contributed by atoms with E-state index < -0.39 is 17.3 Å². The van der Waals surface area contributed by atoms with Gasteiger partial charge in [0.05, 0.1) is 11.7 Å². The van der Waals surface area contributed by atoms with Crippen molar-refractivity contribution >= 4 is 16.8 Å². The highest BCUT2D eigenvalue weighted by Crippen LogP contribution is 2.65. The third-order valence-electron chi connectivity index (χ3n) is 7.26. The van der Waals surface area contributed by atoms with Crippen molar-refractivity contribution in [3.8, 4) is 0 Å². The molecule has 8 heteroatoms. The molecule has 0 radical (unpaired) electrons. The van der Waals surface area contributed by atoms with E-state index >= 15 is 0 Å². The molecular formula is C26H33F2N5O. The summed E-state index contributed by atoms with van der Waals surface area (Å²) in [4.78, 5) is 19.3. The van der Waals surface area contributed by atoms with Gasteiger partial charge in [-0.2, -0.15) is 5.10 Å². The Morgan fingerprint density at radius 3 is 2.65 bits per heavy atom. The molecule has 0 bridgehead atoms. The minimum absolute atomic E-state index is 0.0235. The highest BCUT2D eigenvalue weighted by atomic mass is 19.3. The number of hydrogen-bond acceptors (Lipinski definition) is 4. The summed E-state index contributed by atoms with van der Waals surface area (Å²) < 4.78 is 29.3. The van der Waals surface area contributed by atoms with Crippen molar-refractivity contribution < 1.29 is 13.6 Å². The number of hydrogen-bond donors (Lipinski definition) is 2. The second-order valence-electron chi connectivity index (χ2n) is 10.0. The van der Waals surface area contributed by atoms with Crippen LogP contribution >= 0.6 is 0 Å².